The number of thioether (sulfide) groups is 1. The first-order chi connectivity index (χ1) is 20.5. The summed E-state index contributed by atoms with van der Waals surface area (Å²) in [7, 11) is -3.89. The molecule has 2 aromatic carbocycles. The Labute approximate surface area is 251 Å². The quantitative estimate of drug-likeness (QED) is 0.258. The van der Waals surface area contributed by atoms with E-state index < -0.39 is 16.1 Å². The van der Waals surface area contributed by atoms with Gasteiger partial charge in [-0.25, -0.2) is 28.1 Å². The number of aromatic nitrogens is 6. The number of carbonyl (C=O) groups excluding carboxylic acids is 1. The maximum Gasteiger partial charge on any atom is 0.265 e. The Morgan fingerprint density at radius 2 is 1.77 bits per heavy atom. The van der Waals surface area contributed by atoms with Gasteiger partial charge in [-0.1, -0.05) is 17.8 Å². The van der Waals surface area contributed by atoms with Gasteiger partial charge in [-0.3, -0.25) is 18.9 Å². The zero-order chi connectivity index (χ0) is 30.5. The summed E-state index contributed by atoms with van der Waals surface area (Å²) < 4.78 is 31.4. The molecule has 2 N–H and O–H groups in total. The predicted molar refractivity (Wildman–Crippen MR) is 164 cm³/mol. The molecule has 1 aliphatic rings. The van der Waals surface area contributed by atoms with Gasteiger partial charge in [0.2, 0.25) is 5.91 Å². The third-order valence-corrected chi connectivity index (χ3v) is 9.65. The summed E-state index contributed by atoms with van der Waals surface area (Å²) in [6.45, 7) is 7.49. The van der Waals surface area contributed by atoms with Gasteiger partial charge in [0.15, 0.2) is 10.8 Å². The SMILES string of the molecule is Cc1cc(NS(=O)(=O)c2ccc(NC(=O)CC3CSc4nc5c(cnn5-c5ccc(C)c(C)c5)c(=O)n43)cc2)nc(C)n1. The van der Waals surface area contributed by atoms with Gasteiger partial charge >= 0.3 is 0 Å². The van der Waals surface area contributed by atoms with E-state index in [-0.39, 0.29) is 28.6 Å². The monoisotopic (exact) mass is 616 g/mol. The Hall–Kier alpha value is -4.56. The Bertz CT molecular complexity index is 2050. The first kappa shape index (κ1) is 28.6. The van der Waals surface area contributed by atoms with Crippen LogP contribution in [0.2, 0.25) is 0 Å². The maximum atomic E-state index is 13.5. The number of benzene rings is 2. The summed E-state index contributed by atoms with van der Waals surface area (Å²) in [5.74, 6) is 0.840. The van der Waals surface area contributed by atoms with Crippen LogP contribution < -0.4 is 15.6 Å². The molecule has 14 heteroatoms. The summed E-state index contributed by atoms with van der Waals surface area (Å²) in [6.07, 6.45) is 1.57. The van der Waals surface area contributed by atoms with Crippen LogP contribution in [0.3, 0.4) is 0 Å². The molecule has 0 fully saturated rings. The second-order valence-corrected chi connectivity index (χ2v) is 13.1. The highest BCUT2D eigenvalue weighted by atomic mass is 32.2. The summed E-state index contributed by atoms with van der Waals surface area (Å²) in [5, 5.41) is 8.15. The molecule has 43 heavy (non-hydrogen) atoms. The first-order valence-electron chi connectivity index (χ1n) is 13.4. The number of sulfonamides is 1. The van der Waals surface area contributed by atoms with Crippen LogP contribution in [-0.4, -0.2) is 49.4 Å². The molecule has 3 aromatic heterocycles. The predicted octanol–water partition coefficient (Wildman–Crippen LogP) is 4.08. The van der Waals surface area contributed by atoms with Crippen molar-refractivity contribution in [2.24, 2.45) is 0 Å². The van der Waals surface area contributed by atoms with Gasteiger partial charge in [0.1, 0.15) is 17.0 Å². The van der Waals surface area contributed by atoms with E-state index in [1.165, 1.54) is 42.2 Å². The van der Waals surface area contributed by atoms with Crippen LogP contribution in [0.5, 0.6) is 0 Å². The van der Waals surface area contributed by atoms with Crippen LogP contribution in [0.1, 0.15) is 35.1 Å². The minimum Gasteiger partial charge on any atom is -0.326 e. The average Bonchev–Trinajstić information content (AvgIpc) is 3.54. The number of amides is 1. The third-order valence-electron chi connectivity index (χ3n) is 7.18. The molecule has 220 valence electrons. The minimum atomic E-state index is -3.89. The first-order valence-corrected chi connectivity index (χ1v) is 15.9. The lowest BCUT2D eigenvalue weighted by atomic mass is 10.1. The number of hydrogen-bond acceptors (Lipinski definition) is 9. The Balaban J connectivity index is 1.16. The van der Waals surface area contributed by atoms with Gasteiger partial charge in [0.05, 0.1) is 22.8 Å². The van der Waals surface area contributed by atoms with Gasteiger partial charge in [0, 0.05) is 29.6 Å². The van der Waals surface area contributed by atoms with Crippen molar-refractivity contribution in [3.05, 3.63) is 87.7 Å². The van der Waals surface area contributed by atoms with Gasteiger partial charge in [-0.05, 0) is 75.2 Å². The van der Waals surface area contributed by atoms with Crippen molar-refractivity contribution >= 4 is 50.2 Å². The lowest BCUT2D eigenvalue weighted by Gasteiger charge is -2.14. The van der Waals surface area contributed by atoms with E-state index in [1.807, 2.05) is 32.0 Å². The number of anilines is 2. The lowest BCUT2D eigenvalue weighted by molar-refractivity contribution is -0.116. The summed E-state index contributed by atoms with van der Waals surface area (Å²) in [5.41, 5.74) is 4.40. The van der Waals surface area contributed by atoms with E-state index in [2.05, 4.69) is 25.1 Å². The molecular formula is C29H28N8O4S2. The zero-order valence-corrected chi connectivity index (χ0v) is 25.5. The van der Waals surface area contributed by atoms with E-state index in [0.717, 1.165) is 16.8 Å². The second-order valence-electron chi connectivity index (χ2n) is 10.4. The molecule has 5 aromatic rings. The van der Waals surface area contributed by atoms with Crippen LogP contribution in [0, 0.1) is 27.7 Å². The van der Waals surface area contributed by atoms with E-state index in [4.69, 9.17) is 4.98 Å². The summed E-state index contributed by atoms with van der Waals surface area (Å²) in [6, 6.07) is 12.9. The molecule has 12 nitrogen and oxygen atoms in total. The molecule has 0 bridgehead atoms. The number of carbonyl (C=O) groups is 1. The third kappa shape index (κ3) is 5.62. The van der Waals surface area contributed by atoms with E-state index >= 15 is 0 Å². The van der Waals surface area contributed by atoms with Gasteiger partial charge in [-0.15, -0.1) is 0 Å². The molecule has 6 rings (SSSR count). The highest BCUT2D eigenvalue weighted by Gasteiger charge is 2.30. The number of aryl methyl sites for hydroxylation is 4. The van der Waals surface area contributed by atoms with Gasteiger partial charge in [-0.2, -0.15) is 5.10 Å². The average molecular weight is 617 g/mol. The fraction of sp³-hybridized carbons (Fsp3) is 0.241. The number of fused-ring (bicyclic) bond motifs is 2. The highest BCUT2D eigenvalue weighted by molar-refractivity contribution is 7.99. The topological polar surface area (TPSA) is 154 Å². The number of hydrogen-bond donors (Lipinski definition) is 2. The van der Waals surface area contributed by atoms with Crippen molar-refractivity contribution in [2.45, 2.75) is 50.2 Å². The molecule has 0 saturated carbocycles. The van der Waals surface area contributed by atoms with Gasteiger partial charge < -0.3 is 5.32 Å². The van der Waals surface area contributed by atoms with Crippen molar-refractivity contribution in [3.8, 4) is 5.69 Å². The summed E-state index contributed by atoms with van der Waals surface area (Å²) >= 11 is 1.42. The molecule has 4 heterocycles. The second kappa shape index (κ2) is 10.9. The van der Waals surface area contributed by atoms with Crippen molar-refractivity contribution < 1.29 is 13.2 Å². The van der Waals surface area contributed by atoms with Crippen molar-refractivity contribution in [2.75, 3.05) is 15.8 Å². The highest BCUT2D eigenvalue weighted by Crippen LogP contribution is 2.34. The molecule has 0 radical (unpaired) electrons. The molecule has 0 spiro atoms. The van der Waals surface area contributed by atoms with Crippen LogP contribution in [-0.2, 0) is 14.8 Å². The summed E-state index contributed by atoms with van der Waals surface area (Å²) in [4.78, 5) is 39.5. The van der Waals surface area contributed by atoms with Crippen LogP contribution in [0.25, 0.3) is 16.7 Å². The van der Waals surface area contributed by atoms with Crippen molar-refractivity contribution in [3.63, 3.8) is 0 Å². The molecule has 1 aliphatic heterocycles. The number of nitrogens with one attached hydrogen (secondary N) is 2. The molecular weight excluding hydrogens is 589 g/mol. The minimum absolute atomic E-state index is 0.0172. The normalized spacial score (nSPS) is 14.6. The van der Waals surface area contributed by atoms with Gasteiger partial charge in [0.25, 0.3) is 15.6 Å². The molecule has 1 atom stereocenters. The van der Waals surface area contributed by atoms with Crippen LogP contribution in [0.4, 0.5) is 11.5 Å². The van der Waals surface area contributed by atoms with Crippen LogP contribution in [0.15, 0.2) is 69.6 Å². The Kier molecular flexibility index (Phi) is 7.26. The Morgan fingerprint density at radius 1 is 1.00 bits per heavy atom. The fourth-order valence-corrected chi connectivity index (χ4v) is 7.06. The smallest absolute Gasteiger partial charge is 0.265 e. The standard InChI is InChI=1S/C29H28N8O4S2/c1-16-5-8-21(11-17(16)2)37-27-24(14-30-37)28(39)36-22(15-42-29(36)34-27)13-26(38)33-20-6-9-23(10-7-20)43(40,41)35-25-12-18(3)31-19(4)32-25/h5-12,14,22H,13,15H2,1-4H3,(H,33,38)(H,31,32,35). The maximum absolute atomic E-state index is 13.5. The lowest BCUT2D eigenvalue weighted by Crippen LogP contribution is -2.27. The zero-order valence-electron chi connectivity index (χ0n) is 23.8. The fourth-order valence-electron chi connectivity index (χ4n) is 4.94. The van der Waals surface area contributed by atoms with Crippen molar-refractivity contribution in [1.29, 1.82) is 0 Å². The largest absolute Gasteiger partial charge is 0.326 e. The van der Waals surface area contributed by atoms with E-state index in [1.54, 1.807) is 29.2 Å². The van der Waals surface area contributed by atoms with E-state index in [0.29, 0.717) is 39.1 Å². The molecule has 0 saturated heterocycles. The Morgan fingerprint density at radius 3 is 2.49 bits per heavy atom. The molecule has 1 unspecified atom stereocenters. The number of rotatable bonds is 7. The van der Waals surface area contributed by atoms with E-state index in [9.17, 15) is 18.0 Å². The van der Waals surface area contributed by atoms with Crippen molar-refractivity contribution in [1.82, 2.24) is 29.3 Å². The number of nitrogens with zero attached hydrogens (tertiary/aromatic N) is 6. The molecule has 1 amide bonds. The molecule has 0 aliphatic carbocycles. The van der Waals surface area contributed by atoms with Crippen LogP contribution >= 0.6 is 11.8 Å².